The van der Waals surface area contributed by atoms with Gasteiger partial charge in [0.1, 0.15) is 5.60 Å². The van der Waals surface area contributed by atoms with Gasteiger partial charge in [-0.25, -0.2) is 14.4 Å². The SMILES string of the molecule is CCOC(=O)N1CCC(NC(=O)NCCNC(=O)OC(C)(C)C)CC1. The van der Waals surface area contributed by atoms with Gasteiger partial charge in [-0.2, -0.15) is 0 Å². The monoisotopic (exact) mass is 358 g/mol. The standard InChI is InChI=1S/C16H30N4O5/c1-5-24-15(23)20-10-6-12(7-11-20)19-13(21)17-8-9-18-14(22)25-16(2,3)4/h12H,5-11H2,1-4H3,(H,18,22)(H2,17,19,21). The first-order chi connectivity index (χ1) is 11.7. The number of carbonyl (C=O) groups is 3. The molecule has 0 atom stereocenters. The Labute approximate surface area is 148 Å². The fourth-order valence-corrected chi connectivity index (χ4v) is 2.31. The molecule has 0 spiro atoms. The molecule has 0 aromatic heterocycles. The Hall–Kier alpha value is -2.19. The van der Waals surface area contributed by atoms with E-state index in [9.17, 15) is 14.4 Å². The van der Waals surface area contributed by atoms with E-state index >= 15 is 0 Å². The highest BCUT2D eigenvalue weighted by atomic mass is 16.6. The van der Waals surface area contributed by atoms with Crippen LogP contribution in [0, 0.1) is 0 Å². The predicted octanol–water partition coefficient (Wildman–Crippen LogP) is 1.43. The van der Waals surface area contributed by atoms with Crippen LogP contribution in [-0.2, 0) is 9.47 Å². The highest BCUT2D eigenvalue weighted by Gasteiger charge is 2.24. The third-order valence-corrected chi connectivity index (χ3v) is 3.43. The van der Waals surface area contributed by atoms with Crippen molar-refractivity contribution < 1.29 is 23.9 Å². The van der Waals surface area contributed by atoms with Gasteiger partial charge in [-0.3, -0.25) is 0 Å². The smallest absolute Gasteiger partial charge is 0.409 e. The van der Waals surface area contributed by atoms with Crippen molar-refractivity contribution in [3.63, 3.8) is 0 Å². The molecule has 25 heavy (non-hydrogen) atoms. The minimum absolute atomic E-state index is 0.0180. The summed E-state index contributed by atoms with van der Waals surface area (Å²) in [5, 5.41) is 8.11. The second-order valence-electron chi connectivity index (χ2n) is 6.79. The van der Waals surface area contributed by atoms with Crippen molar-refractivity contribution >= 4 is 18.2 Å². The first-order valence-electron chi connectivity index (χ1n) is 8.64. The number of amides is 4. The van der Waals surface area contributed by atoms with Crippen molar-refractivity contribution in [1.82, 2.24) is 20.9 Å². The number of piperidine rings is 1. The first-order valence-corrected chi connectivity index (χ1v) is 8.64. The van der Waals surface area contributed by atoms with Gasteiger partial charge in [0.2, 0.25) is 0 Å². The number of urea groups is 1. The van der Waals surface area contributed by atoms with E-state index in [1.807, 2.05) is 0 Å². The molecule has 1 rings (SSSR count). The predicted molar refractivity (Wildman–Crippen MR) is 92.4 cm³/mol. The van der Waals surface area contributed by atoms with E-state index in [2.05, 4.69) is 16.0 Å². The Kier molecular flexibility index (Phi) is 8.30. The van der Waals surface area contributed by atoms with Gasteiger partial charge >= 0.3 is 18.2 Å². The summed E-state index contributed by atoms with van der Waals surface area (Å²) in [6.07, 6.45) is 0.546. The van der Waals surface area contributed by atoms with Crippen LogP contribution in [0.25, 0.3) is 0 Å². The summed E-state index contributed by atoms with van der Waals surface area (Å²) in [7, 11) is 0. The van der Waals surface area contributed by atoms with E-state index in [-0.39, 0.29) is 24.7 Å². The molecular formula is C16H30N4O5. The maximum atomic E-state index is 11.8. The molecule has 1 aliphatic rings. The van der Waals surface area contributed by atoms with Crippen LogP contribution in [0.1, 0.15) is 40.5 Å². The Balaban J connectivity index is 2.13. The lowest BCUT2D eigenvalue weighted by Gasteiger charge is -2.31. The normalized spacial score (nSPS) is 15.3. The molecule has 144 valence electrons. The minimum atomic E-state index is -0.548. The van der Waals surface area contributed by atoms with Gasteiger partial charge in [-0.1, -0.05) is 0 Å². The van der Waals surface area contributed by atoms with Gasteiger partial charge in [0.15, 0.2) is 0 Å². The van der Waals surface area contributed by atoms with Crippen LogP contribution in [0.15, 0.2) is 0 Å². The number of likely N-dealkylation sites (tertiary alicyclic amines) is 1. The molecule has 1 aliphatic heterocycles. The van der Waals surface area contributed by atoms with E-state index in [1.165, 1.54) is 0 Å². The highest BCUT2D eigenvalue weighted by molar-refractivity contribution is 5.74. The summed E-state index contributed by atoms with van der Waals surface area (Å²) in [4.78, 5) is 36.5. The molecule has 1 fully saturated rings. The molecule has 0 aromatic rings. The summed E-state index contributed by atoms with van der Waals surface area (Å²) < 4.78 is 10.0. The Morgan fingerprint density at radius 2 is 1.68 bits per heavy atom. The Morgan fingerprint density at radius 3 is 2.24 bits per heavy atom. The van der Waals surface area contributed by atoms with E-state index in [1.54, 1.807) is 32.6 Å². The van der Waals surface area contributed by atoms with E-state index in [0.717, 1.165) is 0 Å². The molecule has 0 aromatic carbocycles. The molecule has 0 saturated carbocycles. The highest BCUT2D eigenvalue weighted by Crippen LogP contribution is 2.11. The van der Waals surface area contributed by atoms with Crippen LogP contribution in [0.3, 0.4) is 0 Å². The summed E-state index contributed by atoms with van der Waals surface area (Å²) in [5.41, 5.74) is -0.548. The zero-order valence-electron chi connectivity index (χ0n) is 15.5. The number of hydrogen-bond acceptors (Lipinski definition) is 5. The van der Waals surface area contributed by atoms with Crippen LogP contribution < -0.4 is 16.0 Å². The van der Waals surface area contributed by atoms with Gasteiger partial charge in [0, 0.05) is 32.2 Å². The summed E-state index contributed by atoms with van der Waals surface area (Å²) in [6.45, 7) is 9.18. The third kappa shape index (κ3) is 9.02. The van der Waals surface area contributed by atoms with Gasteiger partial charge in [0.05, 0.1) is 6.61 Å². The first kappa shape index (κ1) is 20.9. The average Bonchev–Trinajstić information content (AvgIpc) is 2.51. The van der Waals surface area contributed by atoms with Crippen molar-refractivity contribution in [2.24, 2.45) is 0 Å². The van der Waals surface area contributed by atoms with Crippen LogP contribution in [0.2, 0.25) is 0 Å². The second kappa shape index (κ2) is 9.95. The maximum absolute atomic E-state index is 11.8. The van der Waals surface area contributed by atoms with Crippen LogP contribution in [0.4, 0.5) is 14.4 Å². The lowest BCUT2D eigenvalue weighted by molar-refractivity contribution is 0.0528. The van der Waals surface area contributed by atoms with Gasteiger partial charge in [-0.05, 0) is 40.5 Å². The second-order valence-corrected chi connectivity index (χ2v) is 6.79. The largest absolute Gasteiger partial charge is 0.450 e. The average molecular weight is 358 g/mol. The van der Waals surface area contributed by atoms with Gasteiger partial charge in [-0.15, -0.1) is 0 Å². The molecule has 9 heteroatoms. The van der Waals surface area contributed by atoms with Gasteiger partial charge < -0.3 is 30.3 Å². The van der Waals surface area contributed by atoms with Crippen LogP contribution in [0.5, 0.6) is 0 Å². The topological polar surface area (TPSA) is 109 Å². The fourth-order valence-electron chi connectivity index (χ4n) is 2.31. The number of rotatable bonds is 5. The van der Waals surface area contributed by atoms with Crippen molar-refractivity contribution in [3.8, 4) is 0 Å². The zero-order valence-corrected chi connectivity index (χ0v) is 15.5. The number of ether oxygens (including phenoxy) is 2. The Bertz CT molecular complexity index is 456. The molecule has 0 bridgehead atoms. The molecule has 0 unspecified atom stereocenters. The molecule has 3 N–H and O–H groups in total. The lowest BCUT2D eigenvalue weighted by Crippen LogP contribution is -2.50. The molecule has 1 saturated heterocycles. The number of nitrogens with one attached hydrogen (secondary N) is 3. The number of alkyl carbamates (subject to hydrolysis) is 1. The van der Waals surface area contributed by atoms with Crippen molar-refractivity contribution in [2.45, 2.75) is 52.2 Å². The minimum Gasteiger partial charge on any atom is -0.450 e. The number of carbonyl (C=O) groups excluding carboxylic acids is 3. The molecular weight excluding hydrogens is 328 g/mol. The van der Waals surface area contributed by atoms with Crippen molar-refractivity contribution in [2.75, 3.05) is 32.8 Å². The molecule has 0 radical (unpaired) electrons. The molecule has 1 heterocycles. The van der Waals surface area contributed by atoms with Crippen LogP contribution >= 0.6 is 0 Å². The Morgan fingerprint density at radius 1 is 1.08 bits per heavy atom. The number of hydrogen-bond donors (Lipinski definition) is 3. The number of nitrogens with zero attached hydrogens (tertiary/aromatic N) is 1. The summed E-state index contributed by atoms with van der Waals surface area (Å²) in [6, 6.07) is -0.273. The third-order valence-electron chi connectivity index (χ3n) is 3.43. The van der Waals surface area contributed by atoms with E-state index < -0.39 is 11.7 Å². The molecule has 0 aliphatic carbocycles. The van der Waals surface area contributed by atoms with Crippen molar-refractivity contribution in [3.05, 3.63) is 0 Å². The lowest BCUT2D eigenvalue weighted by atomic mass is 10.1. The molecule has 4 amide bonds. The summed E-state index contributed by atoms with van der Waals surface area (Å²) >= 11 is 0. The fraction of sp³-hybridized carbons (Fsp3) is 0.812. The maximum Gasteiger partial charge on any atom is 0.409 e. The summed E-state index contributed by atoms with van der Waals surface area (Å²) in [5.74, 6) is 0. The van der Waals surface area contributed by atoms with Crippen molar-refractivity contribution in [1.29, 1.82) is 0 Å². The van der Waals surface area contributed by atoms with Crippen LogP contribution in [-0.4, -0.2) is 67.5 Å². The zero-order chi connectivity index (χ0) is 18.9. The quantitative estimate of drug-likeness (QED) is 0.644. The molecule has 9 nitrogen and oxygen atoms in total. The van der Waals surface area contributed by atoms with E-state index in [0.29, 0.717) is 39.1 Å². The van der Waals surface area contributed by atoms with E-state index in [4.69, 9.17) is 9.47 Å². The van der Waals surface area contributed by atoms with Gasteiger partial charge in [0.25, 0.3) is 0 Å².